The zero-order chi connectivity index (χ0) is 26.1. The molecule has 0 radical (unpaired) electrons. The molecule has 3 aromatic rings. The molecular formula is C29H30N2O5S. The first-order valence-corrected chi connectivity index (χ1v) is 13.2. The molecule has 2 aromatic carbocycles. The molecular weight excluding hydrogens is 488 g/mol. The number of fused-ring (bicyclic) bond motifs is 3. The van der Waals surface area contributed by atoms with E-state index in [1.54, 1.807) is 37.6 Å². The average molecular weight is 519 g/mol. The number of benzene rings is 2. The highest BCUT2D eigenvalue weighted by Gasteiger charge is 2.34. The van der Waals surface area contributed by atoms with Crippen LogP contribution in [0.1, 0.15) is 50.3 Å². The molecule has 192 valence electrons. The Morgan fingerprint density at radius 2 is 1.68 bits per heavy atom. The van der Waals surface area contributed by atoms with Gasteiger partial charge in [0.1, 0.15) is 11.5 Å². The molecule has 1 aromatic heterocycles. The number of Topliss-reactive ketones (excluding diaryl/α,β-unsaturated/α-hetero) is 1. The van der Waals surface area contributed by atoms with Crippen molar-refractivity contribution in [1.29, 1.82) is 0 Å². The van der Waals surface area contributed by atoms with Crippen LogP contribution < -0.4 is 19.1 Å². The lowest BCUT2D eigenvalue weighted by molar-refractivity contribution is -0.117. The second kappa shape index (κ2) is 10.4. The van der Waals surface area contributed by atoms with Gasteiger partial charge in [0.2, 0.25) is 11.7 Å². The molecule has 1 aliphatic heterocycles. The summed E-state index contributed by atoms with van der Waals surface area (Å²) in [6.45, 7) is 1.91. The first-order valence-electron chi connectivity index (χ1n) is 12.3. The molecule has 2 aliphatic rings. The maximum atomic E-state index is 13.4. The number of amides is 1. The van der Waals surface area contributed by atoms with Crippen molar-refractivity contribution in [3.8, 4) is 17.2 Å². The second-order valence-corrected chi connectivity index (χ2v) is 10.3. The summed E-state index contributed by atoms with van der Waals surface area (Å²) in [6.07, 6.45) is 4.07. The van der Waals surface area contributed by atoms with Gasteiger partial charge in [0, 0.05) is 21.6 Å². The van der Waals surface area contributed by atoms with Crippen LogP contribution in [0.5, 0.6) is 17.2 Å². The van der Waals surface area contributed by atoms with Crippen molar-refractivity contribution in [2.75, 3.05) is 39.3 Å². The van der Waals surface area contributed by atoms with Crippen molar-refractivity contribution in [1.82, 2.24) is 0 Å². The number of hydrogen-bond acceptors (Lipinski definition) is 7. The van der Waals surface area contributed by atoms with Gasteiger partial charge in [-0.2, -0.15) is 0 Å². The lowest BCUT2D eigenvalue weighted by Gasteiger charge is -2.20. The first-order chi connectivity index (χ1) is 17.9. The summed E-state index contributed by atoms with van der Waals surface area (Å²) in [4.78, 5) is 34.4. The number of methoxy groups -OCH3 is 3. The Morgan fingerprint density at radius 3 is 2.32 bits per heavy atom. The number of carbonyl (C=O) groups excluding carboxylic acids is 2. The van der Waals surface area contributed by atoms with Crippen LogP contribution >= 0.6 is 11.3 Å². The first kappa shape index (κ1) is 25.0. The number of ether oxygens (including phenoxy) is 3. The SMILES string of the molecule is COc1cc(C2=NCC(=O)N(CC(=O)c3ccc(C)cc3)c3sc4c(c32)CCCC4)cc(OC)c1OC. The third kappa shape index (κ3) is 4.62. The van der Waals surface area contributed by atoms with E-state index < -0.39 is 0 Å². The Labute approximate surface area is 220 Å². The van der Waals surface area contributed by atoms with Crippen molar-refractivity contribution >= 4 is 33.7 Å². The molecule has 0 saturated carbocycles. The molecule has 0 N–H and O–H groups in total. The highest BCUT2D eigenvalue weighted by Crippen LogP contribution is 2.45. The summed E-state index contributed by atoms with van der Waals surface area (Å²) in [5.74, 6) is 1.25. The van der Waals surface area contributed by atoms with E-state index in [9.17, 15) is 9.59 Å². The quantitative estimate of drug-likeness (QED) is 0.410. The minimum Gasteiger partial charge on any atom is -0.493 e. The molecule has 8 heteroatoms. The standard InChI is InChI=1S/C29H30N2O5S/c1-17-9-11-18(12-10-17)21(32)16-31-25(33)15-30-27(26-20-7-5-6-8-24(20)37-29(26)31)19-13-22(34-2)28(36-4)23(14-19)35-3/h9-14H,5-8,15-16H2,1-4H3. The predicted octanol–water partition coefficient (Wildman–Crippen LogP) is 5.03. The summed E-state index contributed by atoms with van der Waals surface area (Å²) < 4.78 is 16.7. The average Bonchev–Trinajstić information content (AvgIpc) is 3.24. The van der Waals surface area contributed by atoms with Crippen LogP contribution in [0.4, 0.5) is 5.00 Å². The van der Waals surface area contributed by atoms with Crippen molar-refractivity contribution in [2.45, 2.75) is 32.6 Å². The second-order valence-electron chi connectivity index (χ2n) is 9.24. The smallest absolute Gasteiger partial charge is 0.249 e. The molecule has 0 spiro atoms. The lowest BCUT2D eigenvalue weighted by Crippen LogP contribution is -2.36. The van der Waals surface area contributed by atoms with E-state index >= 15 is 0 Å². The van der Waals surface area contributed by atoms with E-state index in [-0.39, 0.29) is 24.8 Å². The molecule has 1 amide bonds. The molecule has 7 nitrogen and oxygen atoms in total. The van der Waals surface area contributed by atoms with Crippen LogP contribution in [0, 0.1) is 6.92 Å². The van der Waals surface area contributed by atoms with Crippen molar-refractivity contribution in [3.63, 3.8) is 0 Å². The van der Waals surface area contributed by atoms with Gasteiger partial charge < -0.3 is 14.2 Å². The minimum absolute atomic E-state index is 0.0215. The Morgan fingerprint density at radius 1 is 1.00 bits per heavy atom. The van der Waals surface area contributed by atoms with E-state index in [1.165, 1.54) is 10.4 Å². The van der Waals surface area contributed by atoms with Gasteiger partial charge in [0.05, 0.1) is 33.6 Å². The number of aliphatic imine (C=N–C) groups is 1. The van der Waals surface area contributed by atoms with E-state index in [1.807, 2.05) is 43.3 Å². The van der Waals surface area contributed by atoms with Gasteiger partial charge in [-0.3, -0.25) is 19.5 Å². The number of hydrogen-bond donors (Lipinski definition) is 0. The monoisotopic (exact) mass is 518 g/mol. The van der Waals surface area contributed by atoms with Crippen LogP contribution in [0.3, 0.4) is 0 Å². The molecule has 0 fully saturated rings. The van der Waals surface area contributed by atoms with Gasteiger partial charge in [-0.05, 0) is 50.3 Å². The van der Waals surface area contributed by atoms with E-state index in [4.69, 9.17) is 19.2 Å². The molecule has 1 aliphatic carbocycles. The van der Waals surface area contributed by atoms with Crippen molar-refractivity contribution < 1.29 is 23.8 Å². The van der Waals surface area contributed by atoms with Gasteiger partial charge in [0.15, 0.2) is 17.3 Å². The van der Waals surface area contributed by atoms with Crippen molar-refractivity contribution in [3.05, 3.63) is 69.1 Å². The Hall–Kier alpha value is -3.65. The third-order valence-corrected chi connectivity index (χ3v) is 8.24. The third-order valence-electron chi connectivity index (χ3n) is 6.92. The van der Waals surface area contributed by atoms with Gasteiger partial charge in [-0.1, -0.05) is 29.8 Å². The summed E-state index contributed by atoms with van der Waals surface area (Å²) in [7, 11) is 4.73. The molecule has 0 bridgehead atoms. The van der Waals surface area contributed by atoms with E-state index in [0.717, 1.165) is 47.4 Å². The maximum absolute atomic E-state index is 13.4. The van der Waals surface area contributed by atoms with Crippen LogP contribution in [0.2, 0.25) is 0 Å². The van der Waals surface area contributed by atoms with Gasteiger partial charge in [0.25, 0.3) is 0 Å². The fraction of sp³-hybridized carbons (Fsp3) is 0.345. The number of ketones is 1. The number of rotatable bonds is 7. The molecule has 0 saturated heterocycles. The lowest BCUT2D eigenvalue weighted by atomic mass is 9.91. The Kier molecular flexibility index (Phi) is 7.02. The summed E-state index contributed by atoms with van der Waals surface area (Å²) in [5, 5.41) is 0.794. The highest BCUT2D eigenvalue weighted by molar-refractivity contribution is 7.17. The van der Waals surface area contributed by atoms with Crippen molar-refractivity contribution in [2.24, 2.45) is 4.99 Å². The largest absolute Gasteiger partial charge is 0.493 e. The normalized spacial score (nSPS) is 14.9. The van der Waals surface area contributed by atoms with Gasteiger partial charge in [-0.25, -0.2) is 0 Å². The number of anilines is 1. The van der Waals surface area contributed by atoms with Crippen LogP contribution in [-0.4, -0.2) is 51.8 Å². The molecule has 5 rings (SSSR count). The maximum Gasteiger partial charge on any atom is 0.249 e. The predicted molar refractivity (Wildman–Crippen MR) is 145 cm³/mol. The number of nitrogens with zero attached hydrogens (tertiary/aromatic N) is 2. The summed E-state index contributed by atoms with van der Waals surface area (Å²) in [5.41, 5.74) is 5.33. The summed E-state index contributed by atoms with van der Waals surface area (Å²) >= 11 is 1.61. The fourth-order valence-corrected chi connectivity index (χ4v) is 6.40. The highest BCUT2D eigenvalue weighted by atomic mass is 32.1. The number of carbonyl (C=O) groups is 2. The summed E-state index contributed by atoms with van der Waals surface area (Å²) in [6, 6.07) is 11.2. The molecule has 37 heavy (non-hydrogen) atoms. The number of aryl methyl sites for hydroxylation is 2. The Balaban J connectivity index is 1.63. The van der Waals surface area contributed by atoms with E-state index in [2.05, 4.69) is 0 Å². The zero-order valence-electron chi connectivity index (χ0n) is 21.6. The topological polar surface area (TPSA) is 77.4 Å². The van der Waals surface area contributed by atoms with Gasteiger partial charge >= 0.3 is 0 Å². The Bertz CT molecular complexity index is 1370. The van der Waals surface area contributed by atoms with Crippen LogP contribution in [0.15, 0.2) is 41.4 Å². The van der Waals surface area contributed by atoms with Gasteiger partial charge in [-0.15, -0.1) is 11.3 Å². The molecule has 0 atom stereocenters. The fourth-order valence-electron chi connectivity index (χ4n) is 5.00. The zero-order valence-corrected chi connectivity index (χ0v) is 22.4. The van der Waals surface area contributed by atoms with Crippen LogP contribution in [0.25, 0.3) is 0 Å². The van der Waals surface area contributed by atoms with Crippen LogP contribution in [-0.2, 0) is 17.6 Å². The molecule has 0 unspecified atom stereocenters. The van der Waals surface area contributed by atoms with E-state index in [0.29, 0.717) is 28.5 Å². The number of thiophene rings is 1. The minimum atomic E-state index is -0.192. The molecule has 2 heterocycles.